The van der Waals surface area contributed by atoms with Crippen LogP contribution in [0.5, 0.6) is 0 Å². The maximum absolute atomic E-state index is 6.17. The van der Waals surface area contributed by atoms with Crippen molar-refractivity contribution in [2.75, 3.05) is 18.5 Å². The van der Waals surface area contributed by atoms with Gasteiger partial charge in [-0.05, 0) is 45.0 Å². The molecule has 0 amide bonds. The Morgan fingerprint density at radius 3 is 2.44 bits per heavy atom. The van der Waals surface area contributed by atoms with Crippen LogP contribution in [0.15, 0.2) is 18.2 Å². The number of nitrogens with two attached hydrogens (primary N) is 1. The Kier molecular flexibility index (Phi) is 4.48. The fourth-order valence-corrected chi connectivity index (χ4v) is 2.14. The largest absolute Gasteiger partial charge is 0.368 e. The number of nitrogens with zero attached hydrogens (tertiary/aromatic N) is 1. The van der Waals surface area contributed by atoms with Crippen molar-refractivity contribution in [3.63, 3.8) is 0 Å². The first kappa shape index (κ1) is 13.6. The summed E-state index contributed by atoms with van der Waals surface area (Å²) in [5.41, 5.74) is 6.57. The molecule has 1 aromatic rings. The molecule has 0 bridgehead atoms. The maximum atomic E-state index is 6.17. The van der Waals surface area contributed by atoms with Crippen LogP contribution in [0.25, 0.3) is 0 Å². The van der Waals surface area contributed by atoms with E-state index in [0.29, 0.717) is 16.6 Å². The molecule has 90 valence electrons. The Hall–Kier alpha value is -0.440. The van der Waals surface area contributed by atoms with E-state index in [2.05, 4.69) is 18.7 Å². The van der Waals surface area contributed by atoms with Gasteiger partial charge in [0.05, 0.1) is 10.7 Å². The van der Waals surface area contributed by atoms with Gasteiger partial charge in [-0.3, -0.25) is 0 Å². The lowest BCUT2D eigenvalue weighted by molar-refractivity contribution is 0.456. The summed E-state index contributed by atoms with van der Waals surface area (Å²) < 4.78 is 0. The Labute approximate surface area is 107 Å². The standard InChI is InChI=1S/C12H18Cl2N2/c1-12(2,6-7-15)16(3)11-5-4-9(13)8-10(11)14/h4-5,8H,6-7,15H2,1-3H3. The van der Waals surface area contributed by atoms with Gasteiger partial charge in [0.15, 0.2) is 0 Å². The molecule has 0 atom stereocenters. The van der Waals surface area contributed by atoms with Crippen LogP contribution in [-0.4, -0.2) is 19.1 Å². The number of halogens is 2. The van der Waals surface area contributed by atoms with E-state index in [1.54, 1.807) is 6.07 Å². The van der Waals surface area contributed by atoms with Gasteiger partial charge in [0, 0.05) is 17.6 Å². The molecule has 0 saturated carbocycles. The topological polar surface area (TPSA) is 29.3 Å². The summed E-state index contributed by atoms with van der Waals surface area (Å²) in [7, 11) is 2.02. The van der Waals surface area contributed by atoms with Crippen LogP contribution in [0, 0.1) is 0 Å². The first-order chi connectivity index (χ1) is 7.38. The fraction of sp³-hybridized carbons (Fsp3) is 0.500. The van der Waals surface area contributed by atoms with E-state index in [1.165, 1.54) is 0 Å². The molecule has 0 radical (unpaired) electrons. The summed E-state index contributed by atoms with van der Waals surface area (Å²) in [6.07, 6.45) is 0.905. The van der Waals surface area contributed by atoms with Crippen molar-refractivity contribution < 1.29 is 0 Å². The molecule has 1 aromatic carbocycles. The molecule has 0 aliphatic heterocycles. The molecule has 0 unspecified atom stereocenters. The Morgan fingerprint density at radius 1 is 1.31 bits per heavy atom. The third-order valence-electron chi connectivity index (χ3n) is 2.94. The van der Waals surface area contributed by atoms with E-state index in [9.17, 15) is 0 Å². The number of benzene rings is 1. The molecular weight excluding hydrogens is 243 g/mol. The van der Waals surface area contributed by atoms with Crippen LogP contribution in [-0.2, 0) is 0 Å². The Bertz CT molecular complexity index is 364. The lowest BCUT2D eigenvalue weighted by atomic mass is 9.98. The minimum atomic E-state index is -0.0216. The highest BCUT2D eigenvalue weighted by Crippen LogP contribution is 2.32. The van der Waals surface area contributed by atoms with E-state index in [0.717, 1.165) is 12.1 Å². The first-order valence-corrected chi connectivity index (χ1v) is 6.03. The maximum Gasteiger partial charge on any atom is 0.0654 e. The van der Waals surface area contributed by atoms with Crippen LogP contribution in [0.3, 0.4) is 0 Å². The first-order valence-electron chi connectivity index (χ1n) is 5.27. The van der Waals surface area contributed by atoms with Crippen LogP contribution < -0.4 is 10.6 Å². The highest BCUT2D eigenvalue weighted by atomic mass is 35.5. The van der Waals surface area contributed by atoms with E-state index in [1.807, 2.05) is 19.2 Å². The molecule has 0 saturated heterocycles. The second-order valence-corrected chi connectivity index (χ2v) is 5.35. The third kappa shape index (κ3) is 3.03. The molecule has 0 aliphatic carbocycles. The molecule has 0 spiro atoms. The van der Waals surface area contributed by atoms with Crippen molar-refractivity contribution in [3.05, 3.63) is 28.2 Å². The predicted molar refractivity (Wildman–Crippen MR) is 72.6 cm³/mol. The summed E-state index contributed by atoms with van der Waals surface area (Å²) in [5, 5.41) is 1.32. The summed E-state index contributed by atoms with van der Waals surface area (Å²) in [6.45, 7) is 4.94. The lowest BCUT2D eigenvalue weighted by Gasteiger charge is -2.38. The molecular formula is C12H18Cl2N2. The average molecular weight is 261 g/mol. The van der Waals surface area contributed by atoms with Gasteiger partial charge < -0.3 is 10.6 Å². The zero-order chi connectivity index (χ0) is 12.3. The smallest absolute Gasteiger partial charge is 0.0654 e. The van der Waals surface area contributed by atoms with Crippen molar-refractivity contribution in [3.8, 4) is 0 Å². The summed E-state index contributed by atoms with van der Waals surface area (Å²) in [4.78, 5) is 2.14. The van der Waals surface area contributed by atoms with Gasteiger partial charge in [-0.2, -0.15) is 0 Å². The molecule has 2 N–H and O–H groups in total. The lowest BCUT2D eigenvalue weighted by Crippen LogP contribution is -2.42. The van der Waals surface area contributed by atoms with Crippen LogP contribution in [0.4, 0.5) is 5.69 Å². The number of hydrogen-bond donors (Lipinski definition) is 1. The molecule has 0 aliphatic rings. The van der Waals surface area contributed by atoms with Gasteiger partial charge in [0.1, 0.15) is 0 Å². The SMILES string of the molecule is CN(c1ccc(Cl)cc1Cl)C(C)(C)CCN. The van der Waals surface area contributed by atoms with Crippen molar-refractivity contribution in [1.29, 1.82) is 0 Å². The molecule has 0 fully saturated rings. The second-order valence-electron chi connectivity index (χ2n) is 4.51. The minimum absolute atomic E-state index is 0.0216. The number of rotatable bonds is 4. The third-order valence-corrected chi connectivity index (χ3v) is 3.47. The normalized spacial score (nSPS) is 11.6. The fourth-order valence-electron chi connectivity index (χ4n) is 1.60. The zero-order valence-corrected chi connectivity index (χ0v) is 11.4. The van der Waals surface area contributed by atoms with Crippen LogP contribution in [0.2, 0.25) is 10.0 Å². The highest BCUT2D eigenvalue weighted by Gasteiger charge is 2.24. The second kappa shape index (κ2) is 5.26. The highest BCUT2D eigenvalue weighted by molar-refractivity contribution is 6.36. The van der Waals surface area contributed by atoms with Crippen LogP contribution in [0.1, 0.15) is 20.3 Å². The van der Waals surface area contributed by atoms with Crippen molar-refractivity contribution >= 4 is 28.9 Å². The summed E-state index contributed by atoms with van der Waals surface area (Å²) >= 11 is 12.0. The molecule has 1 rings (SSSR count). The van der Waals surface area contributed by atoms with Gasteiger partial charge >= 0.3 is 0 Å². The summed E-state index contributed by atoms with van der Waals surface area (Å²) in [5.74, 6) is 0. The number of anilines is 1. The summed E-state index contributed by atoms with van der Waals surface area (Å²) in [6, 6.07) is 5.54. The van der Waals surface area contributed by atoms with Crippen LogP contribution >= 0.6 is 23.2 Å². The number of hydrogen-bond acceptors (Lipinski definition) is 2. The molecule has 2 nitrogen and oxygen atoms in total. The van der Waals surface area contributed by atoms with Crippen molar-refractivity contribution in [2.24, 2.45) is 5.73 Å². The molecule has 0 aromatic heterocycles. The molecule has 0 heterocycles. The average Bonchev–Trinajstić information content (AvgIpc) is 2.16. The van der Waals surface area contributed by atoms with Crippen molar-refractivity contribution in [2.45, 2.75) is 25.8 Å². The van der Waals surface area contributed by atoms with Gasteiger partial charge in [-0.1, -0.05) is 23.2 Å². The quantitative estimate of drug-likeness (QED) is 0.897. The minimum Gasteiger partial charge on any atom is -0.368 e. The van der Waals surface area contributed by atoms with E-state index in [4.69, 9.17) is 28.9 Å². The Morgan fingerprint density at radius 2 is 1.94 bits per heavy atom. The van der Waals surface area contributed by atoms with Gasteiger partial charge in [-0.25, -0.2) is 0 Å². The predicted octanol–water partition coefficient (Wildman–Crippen LogP) is 3.56. The van der Waals surface area contributed by atoms with Crippen molar-refractivity contribution in [1.82, 2.24) is 0 Å². The van der Waals surface area contributed by atoms with Gasteiger partial charge in [0.2, 0.25) is 0 Å². The molecule has 4 heteroatoms. The Balaban J connectivity index is 3.00. The zero-order valence-electron chi connectivity index (χ0n) is 9.93. The molecule has 16 heavy (non-hydrogen) atoms. The van der Waals surface area contributed by atoms with Gasteiger partial charge in [-0.15, -0.1) is 0 Å². The van der Waals surface area contributed by atoms with Gasteiger partial charge in [0.25, 0.3) is 0 Å². The van der Waals surface area contributed by atoms with E-state index >= 15 is 0 Å². The van der Waals surface area contributed by atoms with E-state index < -0.39 is 0 Å². The monoisotopic (exact) mass is 260 g/mol. The van der Waals surface area contributed by atoms with E-state index in [-0.39, 0.29) is 5.54 Å².